The molecule has 0 bridgehead atoms. The molecule has 0 fully saturated rings. The van der Waals surface area contributed by atoms with E-state index in [4.69, 9.17) is 11.6 Å². The molecule has 0 amide bonds. The molecule has 17 heavy (non-hydrogen) atoms. The summed E-state index contributed by atoms with van der Waals surface area (Å²) in [5, 5.41) is 10.8. The average Bonchev–Trinajstić information content (AvgIpc) is 2.29. The van der Waals surface area contributed by atoms with Crippen molar-refractivity contribution >= 4 is 17.3 Å². The summed E-state index contributed by atoms with van der Waals surface area (Å²) in [7, 11) is 0. The number of halogens is 2. The number of nitro groups is 1. The lowest BCUT2D eigenvalue weighted by atomic mass is 10.0. The van der Waals surface area contributed by atoms with Gasteiger partial charge in [-0.1, -0.05) is 17.7 Å². The minimum absolute atomic E-state index is 0.0405. The van der Waals surface area contributed by atoms with Gasteiger partial charge in [-0.05, 0) is 29.8 Å². The van der Waals surface area contributed by atoms with Crippen LogP contribution in [0.2, 0.25) is 5.02 Å². The molecule has 5 heteroatoms. The second-order valence-corrected chi connectivity index (χ2v) is 3.81. The van der Waals surface area contributed by atoms with Crippen molar-refractivity contribution in [3.05, 3.63) is 63.4 Å². The number of benzene rings is 2. The molecule has 86 valence electrons. The van der Waals surface area contributed by atoms with Gasteiger partial charge in [0, 0.05) is 17.7 Å². The van der Waals surface area contributed by atoms with Crippen LogP contribution in [0.3, 0.4) is 0 Å². The molecule has 0 N–H and O–H groups in total. The quantitative estimate of drug-likeness (QED) is 0.597. The first-order valence-electron chi connectivity index (χ1n) is 4.78. The molecule has 2 aromatic carbocycles. The Morgan fingerprint density at radius 2 is 1.76 bits per heavy atom. The van der Waals surface area contributed by atoms with Crippen molar-refractivity contribution in [2.75, 3.05) is 0 Å². The van der Waals surface area contributed by atoms with Gasteiger partial charge in [-0.3, -0.25) is 10.1 Å². The molecule has 0 aromatic heterocycles. The standard InChI is InChI=1S/C12H7ClFNO2/c13-10-2-1-3-11(14)12(10)8-4-6-9(7-5-8)15(16)17/h1-7H. The van der Waals surface area contributed by atoms with E-state index in [1.165, 1.54) is 36.4 Å². The van der Waals surface area contributed by atoms with Gasteiger partial charge in [-0.15, -0.1) is 0 Å². The summed E-state index contributed by atoms with van der Waals surface area (Å²) in [6.45, 7) is 0. The van der Waals surface area contributed by atoms with Crippen molar-refractivity contribution in [3.63, 3.8) is 0 Å². The normalized spacial score (nSPS) is 10.2. The molecule has 0 spiro atoms. The Labute approximate surface area is 102 Å². The third kappa shape index (κ3) is 2.26. The Kier molecular flexibility index (Phi) is 3.06. The maximum Gasteiger partial charge on any atom is 0.269 e. The van der Waals surface area contributed by atoms with E-state index in [1.807, 2.05) is 0 Å². The van der Waals surface area contributed by atoms with Gasteiger partial charge in [0.1, 0.15) is 5.82 Å². The first-order chi connectivity index (χ1) is 8.09. The molecule has 0 aliphatic heterocycles. The van der Waals surface area contributed by atoms with Crippen molar-refractivity contribution < 1.29 is 9.31 Å². The lowest BCUT2D eigenvalue weighted by Gasteiger charge is -2.05. The summed E-state index contributed by atoms with van der Waals surface area (Å²) in [5.41, 5.74) is 0.726. The third-order valence-electron chi connectivity index (χ3n) is 2.33. The summed E-state index contributed by atoms with van der Waals surface area (Å²) < 4.78 is 13.6. The number of non-ortho nitro benzene ring substituents is 1. The molecule has 0 unspecified atom stereocenters. The molecule has 2 rings (SSSR count). The Bertz CT molecular complexity index is 549. The third-order valence-corrected chi connectivity index (χ3v) is 2.64. The topological polar surface area (TPSA) is 43.1 Å². The van der Waals surface area contributed by atoms with Gasteiger partial charge in [0.2, 0.25) is 0 Å². The highest BCUT2D eigenvalue weighted by molar-refractivity contribution is 6.33. The number of rotatable bonds is 2. The van der Waals surface area contributed by atoms with Crippen LogP contribution in [-0.4, -0.2) is 4.92 Å². The molecule has 0 saturated carbocycles. The van der Waals surface area contributed by atoms with Crippen LogP contribution in [0, 0.1) is 15.9 Å². The summed E-state index contributed by atoms with van der Waals surface area (Å²) in [5.74, 6) is -0.452. The van der Waals surface area contributed by atoms with Crippen molar-refractivity contribution in [3.8, 4) is 11.1 Å². The van der Waals surface area contributed by atoms with Gasteiger partial charge < -0.3 is 0 Å². The van der Waals surface area contributed by atoms with Crippen LogP contribution in [0.5, 0.6) is 0 Å². The summed E-state index contributed by atoms with van der Waals surface area (Å²) in [4.78, 5) is 9.98. The van der Waals surface area contributed by atoms with Gasteiger partial charge in [0.25, 0.3) is 5.69 Å². The fourth-order valence-electron chi connectivity index (χ4n) is 1.52. The molecule has 0 radical (unpaired) electrons. The van der Waals surface area contributed by atoms with Crippen LogP contribution >= 0.6 is 11.6 Å². The Balaban J connectivity index is 2.50. The molecular weight excluding hydrogens is 245 g/mol. The van der Waals surface area contributed by atoms with E-state index in [9.17, 15) is 14.5 Å². The van der Waals surface area contributed by atoms with E-state index in [1.54, 1.807) is 6.07 Å². The van der Waals surface area contributed by atoms with Crippen molar-refractivity contribution in [2.45, 2.75) is 0 Å². The minimum Gasteiger partial charge on any atom is -0.258 e. The average molecular weight is 252 g/mol. The van der Waals surface area contributed by atoms with Crippen molar-refractivity contribution in [1.29, 1.82) is 0 Å². The predicted octanol–water partition coefficient (Wildman–Crippen LogP) is 4.05. The van der Waals surface area contributed by atoms with Gasteiger partial charge in [-0.25, -0.2) is 4.39 Å². The lowest BCUT2D eigenvalue weighted by molar-refractivity contribution is -0.384. The van der Waals surface area contributed by atoms with Crippen LogP contribution in [0.1, 0.15) is 0 Å². The van der Waals surface area contributed by atoms with E-state index in [0.29, 0.717) is 5.56 Å². The molecule has 0 heterocycles. The van der Waals surface area contributed by atoms with Gasteiger partial charge >= 0.3 is 0 Å². The second-order valence-electron chi connectivity index (χ2n) is 3.40. The Morgan fingerprint density at radius 1 is 1.12 bits per heavy atom. The zero-order chi connectivity index (χ0) is 12.4. The molecule has 2 aromatic rings. The van der Waals surface area contributed by atoms with Gasteiger partial charge in [0.05, 0.1) is 9.95 Å². The monoisotopic (exact) mass is 251 g/mol. The van der Waals surface area contributed by atoms with Crippen LogP contribution < -0.4 is 0 Å². The van der Waals surface area contributed by atoms with Gasteiger partial charge in [-0.2, -0.15) is 0 Å². The zero-order valence-electron chi connectivity index (χ0n) is 8.56. The van der Waals surface area contributed by atoms with Crippen LogP contribution in [0.25, 0.3) is 11.1 Å². The van der Waals surface area contributed by atoms with Crippen molar-refractivity contribution in [2.24, 2.45) is 0 Å². The highest BCUT2D eigenvalue weighted by atomic mass is 35.5. The molecule has 0 aliphatic carbocycles. The number of nitrogens with zero attached hydrogens (tertiary/aromatic N) is 1. The maximum atomic E-state index is 13.6. The first-order valence-corrected chi connectivity index (χ1v) is 5.16. The van der Waals surface area contributed by atoms with E-state index in [2.05, 4.69) is 0 Å². The van der Waals surface area contributed by atoms with Gasteiger partial charge in [0.15, 0.2) is 0 Å². The fourth-order valence-corrected chi connectivity index (χ4v) is 1.80. The van der Waals surface area contributed by atoms with Crippen LogP contribution in [-0.2, 0) is 0 Å². The molecule has 0 atom stereocenters. The lowest BCUT2D eigenvalue weighted by Crippen LogP contribution is -1.89. The van der Waals surface area contributed by atoms with E-state index in [-0.39, 0.29) is 16.3 Å². The Hall–Kier alpha value is -1.94. The first kappa shape index (κ1) is 11.5. The maximum absolute atomic E-state index is 13.6. The van der Waals surface area contributed by atoms with E-state index < -0.39 is 10.7 Å². The summed E-state index contributed by atoms with van der Waals surface area (Å²) in [6.07, 6.45) is 0. The summed E-state index contributed by atoms with van der Waals surface area (Å²) >= 11 is 5.89. The molecule has 0 saturated heterocycles. The number of hydrogen-bond acceptors (Lipinski definition) is 2. The fraction of sp³-hybridized carbons (Fsp3) is 0. The van der Waals surface area contributed by atoms with Crippen molar-refractivity contribution in [1.82, 2.24) is 0 Å². The van der Waals surface area contributed by atoms with Crippen LogP contribution in [0.15, 0.2) is 42.5 Å². The number of nitro benzene ring substituents is 1. The highest BCUT2D eigenvalue weighted by Gasteiger charge is 2.11. The molecular formula is C12H7ClFNO2. The smallest absolute Gasteiger partial charge is 0.258 e. The zero-order valence-corrected chi connectivity index (χ0v) is 9.32. The summed E-state index contributed by atoms with van der Waals surface area (Å²) in [6, 6.07) is 9.96. The highest BCUT2D eigenvalue weighted by Crippen LogP contribution is 2.31. The molecule has 0 aliphatic rings. The second kappa shape index (κ2) is 4.51. The van der Waals surface area contributed by atoms with E-state index in [0.717, 1.165) is 0 Å². The predicted molar refractivity (Wildman–Crippen MR) is 63.5 cm³/mol. The Morgan fingerprint density at radius 3 is 2.29 bits per heavy atom. The number of hydrogen-bond donors (Lipinski definition) is 0. The SMILES string of the molecule is O=[N+]([O-])c1ccc(-c2c(F)cccc2Cl)cc1. The van der Waals surface area contributed by atoms with E-state index >= 15 is 0 Å². The van der Waals surface area contributed by atoms with Crippen LogP contribution in [0.4, 0.5) is 10.1 Å². The molecule has 3 nitrogen and oxygen atoms in total. The largest absolute Gasteiger partial charge is 0.269 e. The minimum atomic E-state index is -0.507.